The van der Waals surface area contributed by atoms with E-state index in [1.165, 1.54) is 0 Å². The molecule has 6 nitrogen and oxygen atoms in total. The molecule has 1 aromatic rings. The molecule has 3 rings (SSSR count). The Bertz CT molecular complexity index is 633. The van der Waals surface area contributed by atoms with Crippen molar-refractivity contribution in [3.05, 3.63) is 22.7 Å². The molecule has 1 saturated heterocycles. The first kappa shape index (κ1) is 15.1. The zero-order chi connectivity index (χ0) is 15.7. The highest BCUT2D eigenvalue weighted by molar-refractivity contribution is 6.33. The molecule has 2 heterocycles. The summed E-state index contributed by atoms with van der Waals surface area (Å²) in [6.07, 6.45) is 1.27. The van der Waals surface area contributed by atoms with Crippen LogP contribution in [-0.2, 0) is 11.3 Å². The topological polar surface area (TPSA) is 74.2 Å². The van der Waals surface area contributed by atoms with E-state index in [4.69, 9.17) is 21.4 Å². The summed E-state index contributed by atoms with van der Waals surface area (Å²) in [7, 11) is 0. The van der Waals surface area contributed by atoms with E-state index >= 15 is 0 Å². The summed E-state index contributed by atoms with van der Waals surface area (Å²) < 4.78 is 5.59. The summed E-state index contributed by atoms with van der Waals surface area (Å²) in [6.45, 7) is 2.99. The number of halogens is 1. The molecule has 1 atom stereocenters. The number of rotatable bonds is 5. The summed E-state index contributed by atoms with van der Waals surface area (Å²) in [4.78, 5) is 18.4. The van der Waals surface area contributed by atoms with Gasteiger partial charge >= 0.3 is 0 Å². The molecular formula is C15H18ClN3O3. The van der Waals surface area contributed by atoms with E-state index in [9.17, 15) is 4.79 Å². The quantitative estimate of drug-likeness (QED) is 0.811. The minimum atomic E-state index is -0.207. The lowest BCUT2D eigenvalue weighted by Crippen LogP contribution is -2.36. The average molecular weight is 324 g/mol. The first-order valence-corrected chi connectivity index (χ1v) is 7.74. The molecule has 0 aromatic heterocycles. The number of hydrogen-bond donors (Lipinski definition) is 2. The highest BCUT2D eigenvalue weighted by atomic mass is 35.5. The molecule has 1 amide bonds. The zero-order valence-electron chi connectivity index (χ0n) is 12.3. The van der Waals surface area contributed by atoms with E-state index in [2.05, 4.69) is 10.3 Å². The zero-order valence-corrected chi connectivity index (χ0v) is 13.1. The SMILES string of the molecule is CCC1C(=O)NC2=Nc3ccc(OCCCO)c(Cl)c3CN21. The number of aliphatic imine (C=N–C) groups is 1. The Morgan fingerprint density at radius 3 is 3.09 bits per heavy atom. The predicted octanol–water partition coefficient (Wildman–Crippen LogP) is 1.81. The van der Waals surface area contributed by atoms with Crippen molar-refractivity contribution in [3.8, 4) is 5.75 Å². The van der Waals surface area contributed by atoms with Crippen LogP contribution < -0.4 is 10.1 Å². The number of aliphatic hydroxyl groups excluding tert-OH is 1. The molecule has 0 saturated carbocycles. The van der Waals surface area contributed by atoms with Gasteiger partial charge in [-0.3, -0.25) is 10.1 Å². The molecule has 2 aliphatic heterocycles. The van der Waals surface area contributed by atoms with Gasteiger partial charge in [0.1, 0.15) is 11.8 Å². The van der Waals surface area contributed by atoms with Crippen molar-refractivity contribution in [1.82, 2.24) is 10.2 Å². The van der Waals surface area contributed by atoms with Gasteiger partial charge in [-0.05, 0) is 18.6 Å². The number of ether oxygens (including phenoxy) is 1. The van der Waals surface area contributed by atoms with Crippen LogP contribution in [0.4, 0.5) is 5.69 Å². The van der Waals surface area contributed by atoms with Crippen LogP contribution in [0.5, 0.6) is 5.75 Å². The van der Waals surface area contributed by atoms with Crippen LogP contribution in [0.3, 0.4) is 0 Å². The summed E-state index contributed by atoms with van der Waals surface area (Å²) >= 11 is 6.43. The fraction of sp³-hybridized carbons (Fsp3) is 0.467. The number of carbonyl (C=O) groups excluding carboxylic acids is 1. The Balaban J connectivity index is 1.89. The molecule has 22 heavy (non-hydrogen) atoms. The second kappa shape index (κ2) is 6.14. The van der Waals surface area contributed by atoms with Crippen LogP contribution in [0.1, 0.15) is 25.3 Å². The number of carbonyl (C=O) groups is 1. The molecule has 1 aromatic carbocycles. The van der Waals surface area contributed by atoms with E-state index in [0.717, 1.165) is 11.3 Å². The van der Waals surface area contributed by atoms with E-state index in [-0.39, 0.29) is 18.6 Å². The molecule has 0 bridgehead atoms. The average Bonchev–Trinajstić information content (AvgIpc) is 2.82. The molecular weight excluding hydrogens is 306 g/mol. The van der Waals surface area contributed by atoms with Gasteiger partial charge < -0.3 is 14.7 Å². The lowest BCUT2D eigenvalue weighted by atomic mass is 10.1. The molecule has 2 N–H and O–H groups in total. The van der Waals surface area contributed by atoms with Crippen molar-refractivity contribution in [2.75, 3.05) is 13.2 Å². The number of fused-ring (bicyclic) bond motifs is 2. The fourth-order valence-electron chi connectivity index (χ4n) is 2.72. The number of nitrogens with zero attached hydrogens (tertiary/aromatic N) is 2. The minimum absolute atomic E-state index is 0.0235. The van der Waals surface area contributed by atoms with Crippen molar-refractivity contribution < 1.29 is 14.6 Å². The van der Waals surface area contributed by atoms with Crippen LogP contribution in [-0.4, -0.2) is 41.1 Å². The number of amides is 1. The smallest absolute Gasteiger partial charge is 0.249 e. The Hall–Kier alpha value is -1.79. The van der Waals surface area contributed by atoms with Gasteiger partial charge in [-0.2, -0.15) is 0 Å². The third-order valence-corrected chi connectivity index (χ3v) is 4.28. The van der Waals surface area contributed by atoms with Gasteiger partial charge in [0, 0.05) is 18.6 Å². The summed E-state index contributed by atoms with van der Waals surface area (Å²) in [5.41, 5.74) is 1.62. The number of guanidine groups is 1. The molecule has 7 heteroatoms. The highest BCUT2D eigenvalue weighted by Gasteiger charge is 2.38. The molecule has 1 fully saturated rings. The number of hydrogen-bond acceptors (Lipinski definition) is 5. The lowest BCUT2D eigenvalue weighted by molar-refractivity contribution is -0.121. The van der Waals surface area contributed by atoms with Crippen LogP contribution in [0.15, 0.2) is 17.1 Å². The van der Waals surface area contributed by atoms with Gasteiger partial charge in [0.25, 0.3) is 0 Å². The van der Waals surface area contributed by atoms with Crippen LogP contribution in [0.25, 0.3) is 0 Å². The normalized spacial score (nSPS) is 19.4. The Labute approximate surface area is 133 Å². The molecule has 118 valence electrons. The summed E-state index contributed by atoms with van der Waals surface area (Å²) in [6, 6.07) is 3.40. The van der Waals surface area contributed by atoms with Gasteiger partial charge in [0.2, 0.25) is 11.9 Å². The lowest BCUT2D eigenvalue weighted by Gasteiger charge is -2.28. The Morgan fingerprint density at radius 2 is 2.36 bits per heavy atom. The Kier molecular flexibility index (Phi) is 4.22. The van der Waals surface area contributed by atoms with Crippen molar-refractivity contribution in [2.45, 2.75) is 32.4 Å². The summed E-state index contributed by atoms with van der Waals surface area (Å²) in [5, 5.41) is 12.1. The Morgan fingerprint density at radius 1 is 1.55 bits per heavy atom. The molecule has 2 aliphatic rings. The van der Waals surface area contributed by atoms with Gasteiger partial charge in [-0.15, -0.1) is 0 Å². The van der Waals surface area contributed by atoms with Crippen LogP contribution in [0, 0.1) is 0 Å². The second-order valence-corrected chi connectivity index (χ2v) is 5.66. The molecule has 0 radical (unpaired) electrons. The number of aliphatic hydroxyl groups is 1. The predicted molar refractivity (Wildman–Crippen MR) is 83.5 cm³/mol. The third-order valence-electron chi connectivity index (χ3n) is 3.87. The third kappa shape index (κ3) is 2.53. The molecule has 0 spiro atoms. The molecule has 1 unspecified atom stereocenters. The number of nitrogens with one attached hydrogen (secondary N) is 1. The monoisotopic (exact) mass is 323 g/mol. The maximum atomic E-state index is 11.9. The van der Waals surface area contributed by atoms with Crippen molar-refractivity contribution >= 4 is 29.2 Å². The largest absolute Gasteiger partial charge is 0.492 e. The fourth-order valence-corrected chi connectivity index (χ4v) is 3.00. The van der Waals surface area contributed by atoms with Gasteiger partial charge in [-0.25, -0.2) is 4.99 Å². The van der Waals surface area contributed by atoms with E-state index in [0.29, 0.717) is 42.7 Å². The highest BCUT2D eigenvalue weighted by Crippen LogP contribution is 2.39. The van der Waals surface area contributed by atoms with E-state index < -0.39 is 0 Å². The number of benzene rings is 1. The standard InChI is InChI=1S/C15H18ClN3O3/c1-2-11-14(21)18-15-17-10-4-5-12(22-7-3-6-20)13(16)9(10)8-19(11)15/h4-5,11,20H,2-3,6-8H2,1H3,(H,17,18,21). The van der Waals surface area contributed by atoms with Crippen molar-refractivity contribution in [3.63, 3.8) is 0 Å². The first-order valence-electron chi connectivity index (χ1n) is 7.37. The maximum Gasteiger partial charge on any atom is 0.249 e. The van der Waals surface area contributed by atoms with Gasteiger partial charge in [-0.1, -0.05) is 18.5 Å². The van der Waals surface area contributed by atoms with Gasteiger partial charge in [0.05, 0.1) is 23.9 Å². The minimum Gasteiger partial charge on any atom is -0.492 e. The van der Waals surface area contributed by atoms with Crippen LogP contribution >= 0.6 is 11.6 Å². The second-order valence-electron chi connectivity index (χ2n) is 5.28. The van der Waals surface area contributed by atoms with Crippen LogP contribution in [0.2, 0.25) is 5.02 Å². The maximum absolute atomic E-state index is 11.9. The summed E-state index contributed by atoms with van der Waals surface area (Å²) in [5.74, 6) is 1.15. The molecule has 0 aliphatic carbocycles. The van der Waals surface area contributed by atoms with E-state index in [1.807, 2.05) is 17.9 Å². The first-order chi connectivity index (χ1) is 10.7. The van der Waals surface area contributed by atoms with Crippen molar-refractivity contribution in [2.24, 2.45) is 4.99 Å². The van der Waals surface area contributed by atoms with E-state index in [1.54, 1.807) is 6.07 Å². The van der Waals surface area contributed by atoms with Gasteiger partial charge in [0.15, 0.2) is 0 Å². The van der Waals surface area contributed by atoms with Crippen molar-refractivity contribution in [1.29, 1.82) is 0 Å².